The van der Waals surface area contributed by atoms with Gasteiger partial charge >= 0.3 is 0 Å². The van der Waals surface area contributed by atoms with E-state index < -0.39 is 26.6 Å². The molecule has 3 aromatic rings. The van der Waals surface area contributed by atoms with Gasteiger partial charge in [0, 0.05) is 30.6 Å². The molecule has 11 heteroatoms. The average Bonchev–Trinajstić information content (AvgIpc) is 2.88. The number of nitrogens with zero attached hydrogens (tertiary/aromatic N) is 3. The van der Waals surface area contributed by atoms with Crippen LogP contribution in [0, 0.1) is 0 Å². The molecule has 0 spiro atoms. The lowest BCUT2D eigenvalue weighted by Crippen LogP contribution is -2.43. The molecule has 0 bridgehead atoms. The lowest BCUT2D eigenvalue weighted by Gasteiger charge is -2.37. The number of anilines is 1. The van der Waals surface area contributed by atoms with Crippen LogP contribution in [0.3, 0.4) is 0 Å². The van der Waals surface area contributed by atoms with Crippen LogP contribution in [-0.2, 0) is 9.16 Å². The highest BCUT2D eigenvalue weighted by Gasteiger charge is 2.38. The molecule has 1 saturated heterocycles. The van der Waals surface area contributed by atoms with Crippen molar-refractivity contribution in [3.8, 4) is 11.3 Å². The number of nitrogens with one attached hydrogen (secondary N) is 1. The van der Waals surface area contributed by atoms with Crippen LogP contribution < -0.4 is 10.9 Å². The van der Waals surface area contributed by atoms with E-state index in [-0.39, 0.29) is 17.2 Å². The summed E-state index contributed by atoms with van der Waals surface area (Å²) < 4.78 is 27.6. The van der Waals surface area contributed by atoms with Crippen LogP contribution >= 0.6 is 23.2 Å². The molecule has 1 aliphatic heterocycles. The molecule has 210 valence electrons. The molecule has 0 radical (unpaired) electrons. The van der Waals surface area contributed by atoms with Gasteiger partial charge < -0.3 is 19.0 Å². The first-order chi connectivity index (χ1) is 18.4. The van der Waals surface area contributed by atoms with Gasteiger partial charge in [0.15, 0.2) is 8.32 Å². The average molecular weight is 594 g/mol. The van der Waals surface area contributed by atoms with Crippen molar-refractivity contribution in [1.29, 1.82) is 0 Å². The fourth-order valence-electron chi connectivity index (χ4n) is 4.09. The highest BCUT2D eigenvalue weighted by molar-refractivity contribution is 6.74. The molecule has 1 aromatic carbocycles. The fourth-order valence-corrected chi connectivity index (χ4v) is 5.40. The van der Waals surface area contributed by atoms with Crippen molar-refractivity contribution in [3.63, 3.8) is 0 Å². The summed E-state index contributed by atoms with van der Waals surface area (Å²) in [7, 11) is -2.10. The smallest absolute Gasteiger partial charge is 0.251 e. The van der Waals surface area contributed by atoms with Gasteiger partial charge in [-0.3, -0.25) is 4.79 Å². The van der Waals surface area contributed by atoms with E-state index in [4.69, 9.17) is 32.4 Å². The third-order valence-corrected chi connectivity index (χ3v) is 12.8. The number of alkyl halides is 1. The lowest BCUT2D eigenvalue weighted by atomic mass is 10.1. The minimum atomic E-state index is -2.10. The molecule has 4 rings (SSSR count). The Kier molecular flexibility index (Phi) is 9.18. The monoisotopic (exact) mass is 592 g/mol. The number of aromatic nitrogens is 3. The third-order valence-electron chi connectivity index (χ3n) is 7.57. The quantitative estimate of drug-likeness (QED) is 0.291. The number of halogens is 3. The Morgan fingerprint density at radius 3 is 2.64 bits per heavy atom. The first-order valence-corrected chi connectivity index (χ1v) is 16.6. The van der Waals surface area contributed by atoms with E-state index in [0.29, 0.717) is 46.9 Å². The molecule has 1 fully saturated rings. The van der Waals surface area contributed by atoms with Crippen LogP contribution in [-0.4, -0.2) is 54.9 Å². The van der Waals surface area contributed by atoms with Crippen molar-refractivity contribution in [2.24, 2.45) is 0 Å². The summed E-state index contributed by atoms with van der Waals surface area (Å²) in [6.07, 6.45) is 2.72. The van der Waals surface area contributed by atoms with Crippen LogP contribution in [0.15, 0.2) is 53.6 Å². The second kappa shape index (κ2) is 12.1. The third kappa shape index (κ3) is 7.07. The lowest BCUT2D eigenvalue weighted by molar-refractivity contribution is 0.0284. The Morgan fingerprint density at radius 1 is 1.21 bits per heavy atom. The van der Waals surface area contributed by atoms with Crippen LogP contribution in [0.5, 0.6) is 0 Å². The summed E-state index contributed by atoms with van der Waals surface area (Å²) in [6.45, 7) is 11.7. The van der Waals surface area contributed by atoms with E-state index >= 15 is 0 Å². The number of pyridine rings is 1. The molecule has 0 aliphatic carbocycles. The van der Waals surface area contributed by atoms with E-state index in [2.05, 4.69) is 49.1 Å². The summed E-state index contributed by atoms with van der Waals surface area (Å²) in [6, 6.07) is 9.63. The van der Waals surface area contributed by atoms with Crippen LogP contribution in [0.2, 0.25) is 28.2 Å². The summed E-state index contributed by atoms with van der Waals surface area (Å²) >= 11 is 12.5. The Hall–Kier alpha value is -2.30. The minimum Gasteiger partial charge on any atom is -0.414 e. The maximum Gasteiger partial charge on any atom is 0.251 e. The summed E-state index contributed by atoms with van der Waals surface area (Å²) in [5.74, 6) is 0.308. The fraction of sp³-hybridized carbons (Fsp3) is 0.464. The van der Waals surface area contributed by atoms with E-state index in [9.17, 15) is 9.18 Å². The van der Waals surface area contributed by atoms with Gasteiger partial charge in [0.05, 0.1) is 41.0 Å². The summed E-state index contributed by atoms with van der Waals surface area (Å²) in [5.41, 5.74) is 1.79. The number of ether oxygens (including phenoxy) is 1. The summed E-state index contributed by atoms with van der Waals surface area (Å²) in [4.78, 5) is 22.3. The molecule has 1 unspecified atom stereocenters. The summed E-state index contributed by atoms with van der Waals surface area (Å²) in [5, 5.41) is 3.93. The molecular formula is C28H35Cl2FN4O3Si. The molecule has 7 nitrogen and oxygen atoms in total. The standard InChI is InChI=1S/C28H35Cl2FN4O3Si/c1-28(2,3)39(4,5)38-17-25(19-6-7-20(29)21(30)14-19)35-12-9-18(15-26(35)36)23-8-11-32-27(33-23)34-24-10-13-37-16-22(24)31/h6-9,11-12,14-15,22,24-25H,10,13,16-17H2,1-5H3,(H,32,33,34)/t22-,24+,25?/m1/s1. The molecule has 39 heavy (non-hydrogen) atoms. The van der Waals surface area contributed by atoms with Gasteiger partial charge in [-0.05, 0) is 54.4 Å². The molecule has 0 amide bonds. The molecule has 2 aromatic heterocycles. The Morgan fingerprint density at radius 2 is 1.97 bits per heavy atom. The van der Waals surface area contributed by atoms with Gasteiger partial charge in [0.2, 0.25) is 5.95 Å². The van der Waals surface area contributed by atoms with Crippen molar-refractivity contribution >= 4 is 37.5 Å². The van der Waals surface area contributed by atoms with Gasteiger partial charge in [0.1, 0.15) is 6.17 Å². The maximum absolute atomic E-state index is 14.2. The maximum atomic E-state index is 14.2. The zero-order valence-corrected chi connectivity index (χ0v) is 25.4. The van der Waals surface area contributed by atoms with Crippen LogP contribution in [0.25, 0.3) is 11.3 Å². The number of hydrogen-bond acceptors (Lipinski definition) is 6. The second-order valence-corrected chi connectivity index (χ2v) is 16.9. The highest BCUT2D eigenvalue weighted by Crippen LogP contribution is 2.38. The zero-order valence-electron chi connectivity index (χ0n) is 22.9. The van der Waals surface area contributed by atoms with Crippen molar-refractivity contribution in [3.05, 3.63) is 74.8 Å². The van der Waals surface area contributed by atoms with E-state index in [1.807, 2.05) is 12.1 Å². The molecular weight excluding hydrogens is 558 g/mol. The minimum absolute atomic E-state index is 0.00951. The largest absolute Gasteiger partial charge is 0.414 e. The topological polar surface area (TPSA) is 78.3 Å². The van der Waals surface area contributed by atoms with Crippen LogP contribution in [0.4, 0.5) is 10.3 Å². The molecule has 1 N–H and O–H groups in total. The van der Waals surface area contributed by atoms with Crippen LogP contribution in [0.1, 0.15) is 38.8 Å². The van der Waals surface area contributed by atoms with Gasteiger partial charge in [-0.2, -0.15) is 0 Å². The number of hydrogen-bond donors (Lipinski definition) is 1. The Bertz CT molecular complexity index is 1370. The Labute approximate surface area is 239 Å². The molecule has 0 saturated carbocycles. The first-order valence-electron chi connectivity index (χ1n) is 13.0. The van der Waals surface area contributed by atoms with E-state index in [1.165, 1.54) is 6.07 Å². The van der Waals surface area contributed by atoms with Crippen molar-refractivity contribution in [2.45, 2.75) is 63.6 Å². The number of rotatable bonds is 8. The Balaban J connectivity index is 1.63. The van der Waals surface area contributed by atoms with Gasteiger partial charge in [-0.15, -0.1) is 0 Å². The van der Waals surface area contributed by atoms with E-state index in [1.54, 1.807) is 35.2 Å². The van der Waals surface area contributed by atoms with Crippen molar-refractivity contribution < 1.29 is 13.6 Å². The van der Waals surface area contributed by atoms with Crippen molar-refractivity contribution in [1.82, 2.24) is 14.5 Å². The van der Waals surface area contributed by atoms with Gasteiger partial charge in [-0.25, -0.2) is 14.4 Å². The second-order valence-electron chi connectivity index (χ2n) is 11.3. The highest BCUT2D eigenvalue weighted by atomic mass is 35.5. The number of benzene rings is 1. The van der Waals surface area contributed by atoms with Gasteiger partial charge in [0.25, 0.3) is 5.56 Å². The molecule has 3 heterocycles. The molecule has 1 aliphatic rings. The van der Waals surface area contributed by atoms with Gasteiger partial charge in [-0.1, -0.05) is 50.0 Å². The van der Waals surface area contributed by atoms with E-state index in [0.717, 1.165) is 5.56 Å². The molecule has 3 atom stereocenters. The first kappa shape index (κ1) is 29.7. The zero-order chi connectivity index (χ0) is 28.4. The predicted octanol–water partition coefficient (Wildman–Crippen LogP) is 6.76. The predicted molar refractivity (Wildman–Crippen MR) is 157 cm³/mol. The van der Waals surface area contributed by atoms with Crippen molar-refractivity contribution in [2.75, 3.05) is 25.1 Å². The normalized spacial score (nSPS) is 19.1. The SMILES string of the molecule is CC(C)(C)[Si](C)(C)OCC(c1ccc(Cl)c(Cl)c1)n1ccc(-c2ccnc(N[C@H]3CCOC[C@H]3F)n2)cc1=O.